The van der Waals surface area contributed by atoms with E-state index in [4.69, 9.17) is 0 Å². The van der Waals surface area contributed by atoms with Gasteiger partial charge in [-0.15, -0.1) is 0 Å². The molecule has 0 radical (unpaired) electrons. The predicted molar refractivity (Wildman–Crippen MR) is 281 cm³/mol. The molecule has 0 unspecified atom stereocenters. The van der Waals surface area contributed by atoms with E-state index in [2.05, 4.69) is 237 Å². The van der Waals surface area contributed by atoms with E-state index < -0.39 is 5.41 Å². The fourth-order valence-corrected chi connectivity index (χ4v) is 14.2. The molecule has 5 aliphatic rings. The number of rotatable bonds is 2. The van der Waals surface area contributed by atoms with Crippen LogP contribution in [0.4, 0.5) is 17.1 Å². The second-order valence-corrected chi connectivity index (χ2v) is 22.6. The highest BCUT2D eigenvalue weighted by atomic mass is 15.2. The lowest BCUT2D eigenvalue weighted by Gasteiger charge is -2.46. The Labute approximate surface area is 395 Å². The Balaban J connectivity index is 1.10. The quantitative estimate of drug-likeness (QED) is 0.167. The largest absolute Gasteiger partial charge is 0.309 e. The topological polar surface area (TPSA) is 3.24 Å². The van der Waals surface area contributed by atoms with Crippen LogP contribution in [0.1, 0.15) is 124 Å². The summed E-state index contributed by atoms with van der Waals surface area (Å²) in [5.41, 5.74) is 28.8. The lowest BCUT2D eigenvalue weighted by Crippen LogP contribution is -2.35. The monoisotopic (exact) mass is 861 g/mol. The fourth-order valence-electron chi connectivity index (χ4n) is 14.2. The minimum Gasteiger partial charge on any atom is -0.309 e. The third kappa shape index (κ3) is 4.66. The molecular formula is C66H55N. The molecule has 0 saturated carbocycles. The van der Waals surface area contributed by atoms with Crippen LogP contribution >= 0.6 is 0 Å². The van der Waals surface area contributed by atoms with Crippen molar-refractivity contribution in [3.8, 4) is 44.5 Å². The van der Waals surface area contributed by atoms with Crippen LogP contribution in [0.15, 0.2) is 170 Å². The molecule has 67 heavy (non-hydrogen) atoms. The molecule has 1 heteroatoms. The van der Waals surface area contributed by atoms with E-state index in [-0.39, 0.29) is 21.7 Å². The van der Waals surface area contributed by atoms with Gasteiger partial charge in [-0.1, -0.05) is 183 Å². The Hall–Kier alpha value is -6.96. The molecule has 0 atom stereocenters. The van der Waals surface area contributed by atoms with Crippen molar-refractivity contribution < 1.29 is 0 Å². The van der Waals surface area contributed by atoms with Gasteiger partial charge in [-0.3, -0.25) is 0 Å². The standard InChI is InChI=1S/C66H55N/c1-62(2)48-28-18-15-23-39(48)44-31-52-47(34-51(44)62)61-43-27-14-13-26-42(43)58(37-57(61)65(52,7)8)67-59-35-53-45(40-24-16-19-29-49(40)63(53,3)4)32-55(59)66(9,38-21-11-10-12-22-38)56-33-46-41-25-17-20-30-50(41)64(5,6)54(46)36-60(56)67/h10-37H,1-9H3. The van der Waals surface area contributed by atoms with E-state index in [1.807, 2.05) is 0 Å². The average molecular weight is 862 g/mol. The first-order valence-corrected chi connectivity index (χ1v) is 24.4. The summed E-state index contributed by atoms with van der Waals surface area (Å²) in [7, 11) is 0. The van der Waals surface area contributed by atoms with Crippen molar-refractivity contribution in [1.29, 1.82) is 0 Å². The Morgan fingerprint density at radius 1 is 0.269 bits per heavy atom. The van der Waals surface area contributed by atoms with Gasteiger partial charge in [-0.25, -0.2) is 0 Å². The molecule has 0 N–H and O–H groups in total. The molecule has 9 aromatic rings. The summed E-state index contributed by atoms with van der Waals surface area (Å²) in [4.78, 5) is 2.72. The van der Waals surface area contributed by atoms with Crippen LogP contribution in [0, 0.1) is 0 Å². The van der Waals surface area contributed by atoms with Gasteiger partial charge < -0.3 is 4.90 Å². The van der Waals surface area contributed by atoms with Crippen LogP contribution in [0.3, 0.4) is 0 Å². The molecular weight excluding hydrogens is 807 g/mol. The van der Waals surface area contributed by atoms with E-state index in [0.717, 1.165) is 0 Å². The smallest absolute Gasteiger partial charge is 0.0543 e. The molecule has 0 amide bonds. The highest BCUT2D eigenvalue weighted by Crippen LogP contribution is 2.64. The molecule has 324 valence electrons. The van der Waals surface area contributed by atoms with Gasteiger partial charge in [0, 0.05) is 32.5 Å². The van der Waals surface area contributed by atoms with Gasteiger partial charge in [-0.2, -0.15) is 0 Å². The van der Waals surface area contributed by atoms with Gasteiger partial charge in [0.1, 0.15) is 0 Å². The van der Waals surface area contributed by atoms with Gasteiger partial charge in [-0.05, 0) is 160 Å². The van der Waals surface area contributed by atoms with Crippen LogP contribution in [-0.2, 0) is 27.1 Å². The zero-order valence-electron chi connectivity index (χ0n) is 40.1. The van der Waals surface area contributed by atoms with Crippen molar-refractivity contribution in [3.63, 3.8) is 0 Å². The first kappa shape index (κ1) is 39.2. The van der Waals surface area contributed by atoms with Gasteiger partial charge in [0.15, 0.2) is 0 Å². The van der Waals surface area contributed by atoms with E-state index in [1.165, 1.54) is 134 Å². The summed E-state index contributed by atoms with van der Waals surface area (Å²) in [6, 6.07) is 66.2. The molecule has 0 spiro atoms. The summed E-state index contributed by atoms with van der Waals surface area (Å²) in [5, 5.41) is 2.59. The Morgan fingerprint density at radius 2 is 0.627 bits per heavy atom. The molecule has 1 aliphatic heterocycles. The SMILES string of the molecule is CC1(C)c2ccccc2-c2cc3c(cc21)-c1c(cc(N2c4cc5c(cc4C(C)(c4ccccc4)c4cc6c(cc42)C(C)(C)c2ccccc2-6)-c2ccccc2C5(C)C)c2ccccc12)C3(C)C. The average Bonchev–Trinajstić information content (AvgIpc) is 3.90. The maximum Gasteiger partial charge on any atom is 0.0543 e. The maximum absolute atomic E-state index is 2.72. The van der Waals surface area contributed by atoms with Gasteiger partial charge >= 0.3 is 0 Å². The number of hydrogen-bond acceptors (Lipinski definition) is 1. The van der Waals surface area contributed by atoms with E-state index in [9.17, 15) is 0 Å². The van der Waals surface area contributed by atoms with Crippen molar-refractivity contribution in [2.24, 2.45) is 0 Å². The van der Waals surface area contributed by atoms with E-state index in [0.29, 0.717) is 0 Å². The maximum atomic E-state index is 2.72. The second-order valence-electron chi connectivity index (χ2n) is 22.6. The second kappa shape index (κ2) is 12.5. The van der Waals surface area contributed by atoms with Crippen LogP contribution in [0.2, 0.25) is 0 Å². The molecule has 9 aromatic carbocycles. The summed E-state index contributed by atoms with van der Waals surface area (Å²) < 4.78 is 0. The molecule has 0 fully saturated rings. The third-order valence-corrected chi connectivity index (χ3v) is 17.9. The van der Waals surface area contributed by atoms with E-state index in [1.54, 1.807) is 0 Å². The van der Waals surface area contributed by atoms with Gasteiger partial charge in [0.2, 0.25) is 0 Å². The minimum atomic E-state index is -0.471. The summed E-state index contributed by atoms with van der Waals surface area (Å²) >= 11 is 0. The number of nitrogens with zero attached hydrogens (tertiary/aromatic N) is 1. The molecule has 14 rings (SSSR count). The highest BCUT2D eigenvalue weighted by molar-refractivity contribution is 6.12. The predicted octanol–water partition coefficient (Wildman–Crippen LogP) is 17.2. The Morgan fingerprint density at radius 3 is 1.13 bits per heavy atom. The van der Waals surface area contributed by atoms with E-state index >= 15 is 0 Å². The molecule has 1 nitrogen and oxygen atoms in total. The first-order valence-electron chi connectivity index (χ1n) is 24.4. The first-order chi connectivity index (χ1) is 32.1. The van der Waals surface area contributed by atoms with Crippen LogP contribution < -0.4 is 4.90 Å². The zero-order chi connectivity index (χ0) is 45.7. The molecule has 0 aromatic heterocycles. The number of fused-ring (bicyclic) bond motifs is 16. The summed E-state index contributed by atoms with van der Waals surface area (Å²) in [6.45, 7) is 22.0. The number of benzene rings is 9. The minimum absolute atomic E-state index is 0.0857. The molecule has 1 heterocycles. The lowest BCUT2D eigenvalue weighted by molar-refractivity contribution is 0.648. The van der Waals surface area contributed by atoms with Crippen molar-refractivity contribution in [2.75, 3.05) is 4.90 Å². The van der Waals surface area contributed by atoms with Gasteiger partial charge in [0.05, 0.1) is 17.1 Å². The molecule has 0 saturated heterocycles. The van der Waals surface area contributed by atoms with Gasteiger partial charge in [0.25, 0.3) is 0 Å². The Bertz CT molecular complexity index is 3590. The molecule has 4 aliphatic carbocycles. The normalized spacial score (nSPS) is 17.9. The van der Waals surface area contributed by atoms with Crippen molar-refractivity contribution in [2.45, 2.75) is 89.4 Å². The van der Waals surface area contributed by atoms with Crippen molar-refractivity contribution in [1.82, 2.24) is 0 Å². The Kier molecular flexibility index (Phi) is 7.33. The van der Waals surface area contributed by atoms with Crippen molar-refractivity contribution in [3.05, 3.63) is 231 Å². The highest BCUT2D eigenvalue weighted by Gasteiger charge is 2.49. The third-order valence-electron chi connectivity index (χ3n) is 17.9. The van der Waals surface area contributed by atoms with Crippen LogP contribution in [-0.4, -0.2) is 0 Å². The van der Waals surface area contributed by atoms with Crippen LogP contribution in [0.5, 0.6) is 0 Å². The number of anilines is 3. The summed E-state index contributed by atoms with van der Waals surface area (Å²) in [6.07, 6.45) is 0. The number of hydrogen-bond donors (Lipinski definition) is 0. The molecule has 0 bridgehead atoms. The lowest BCUT2D eigenvalue weighted by atomic mass is 9.65. The van der Waals surface area contributed by atoms with Crippen LogP contribution in [0.25, 0.3) is 55.3 Å². The fraction of sp³-hybridized carbons (Fsp3) is 0.212. The zero-order valence-corrected chi connectivity index (χ0v) is 40.1. The van der Waals surface area contributed by atoms with Crippen molar-refractivity contribution >= 4 is 27.8 Å². The summed E-state index contributed by atoms with van der Waals surface area (Å²) in [5.74, 6) is 0.